The fraction of sp³-hybridized carbons (Fsp3) is 0.714. The van der Waals surface area contributed by atoms with Gasteiger partial charge in [0.25, 0.3) is 0 Å². The van der Waals surface area contributed by atoms with Gasteiger partial charge in [0.2, 0.25) is 0 Å². The van der Waals surface area contributed by atoms with E-state index in [0.717, 1.165) is 5.46 Å². The zero-order valence-electron chi connectivity index (χ0n) is 17.3. The Kier molecular flexibility index (Phi) is 4.79. The van der Waals surface area contributed by atoms with Crippen LogP contribution in [0.3, 0.4) is 0 Å². The minimum Gasteiger partial charge on any atom is -0.407 e. The lowest BCUT2D eigenvalue weighted by molar-refractivity contribution is -0.0937. The van der Waals surface area contributed by atoms with Crippen molar-refractivity contribution in [2.75, 3.05) is 6.61 Å². The second-order valence-corrected chi connectivity index (χ2v) is 10.5. The molecule has 0 N–H and O–H groups in total. The lowest BCUT2D eigenvalue weighted by Gasteiger charge is -2.47. The van der Waals surface area contributed by atoms with E-state index in [1.807, 2.05) is 0 Å². The molecular weight excluding hydrogens is 295 g/mol. The Labute approximate surface area is 149 Å². The second-order valence-electron chi connectivity index (χ2n) is 10.5. The van der Waals surface area contributed by atoms with Crippen LogP contribution in [0.15, 0.2) is 18.2 Å². The average molecular weight is 330 g/mol. The standard InChI is InChI=1S/C21H35BO2/c1-18(2,3)15-11-16(19(4,5)6)13-17(12-15)22-23-14-20(7,8)21(9,10)24-22/h11-13H,14H2,1-10H3. The molecule has 0 amide bonds. The SMILES string of the molecule is CC(C)(C)c1cc(B2OCC(C)(C)C(C)(C)O2)cc(C(C)(C)C)c1. The summed E-state index contributed by atoms with van der Waals surface area (Å²) in [6, 6.07) is 6.85. The van der Waals surface area contributed by atoms with E-state index in [2.05, 4.69) is 87.4 Å². The molecule has 2 nitrogen and oxygen atoms in total. The highest BCUT2D eigenvalue weighted by molar-refractivity contribution is 6.61. The minimum absolute atomic E-state index is 0.00199. The van der Waals surface area contributed by atoms with Gasteiger partial charge in [0.05, 0.1) is 5.60 Å². The summed E-state index contributed by atoms with van der Waals surface area (Å²) in [6.45, 7) is 23.0. The molecule has 0 bridgehead atoms. The van der Waals surface area contributed by atoms with Crippen molar-refractivity contribution in [2.24, 2.45) is 5.41 Å². The maximum atomic E-state index is 6.39. The molecule has 1 fully saturated rings. The predicted octanol–water partition coefficient (Wildman–Crippen LogP) is 4.83. The number of rotatable bonds is 1. The third-order valence-corrected chi connectivity index (χ3v) is 5.59. The fourth-order valence-corrected chi connectivity index (χ4v) is 2.74. The Morgan fingerprint density at radius 1 is 0.833 bits per heavy atom. The normalized spacial score (nSPS) is 21.0. The van der Waals surface area contributed by atoms with Gasteiger partial charge in [-0.2, -0.15) is 0 Å². The molecule has 1 aromatic rings. The topological polar surface area (TPSA) is 18.5 Å². The maximum absolute atomic E-state index is 6.39. The summed E-state index contributed by atoms with van der Waals surface area (Å²) in [5.41, 5.74) is 3.77. The highest BCUT2D eigenvalue weighted by Gasteiger charge is 2.47. The molecule has 3 heteroatoms. The summed E-state index contributed by atoms with van der Waals surface area (Å²) in [6.07, 6.45) is 0. The first-order valence-electron chi connectivity index (χ1n) is 9.09. The lowest BCUT2D eigenvalue weighted by Crippen LogP contribution is -2.58. The van der Waals surface area contributed by atoms with E-state index >= 15 is 0 Å². The van der Waals surface area contributed by atoms with Crippen molar-refractivity contribution in [3.05, 3.63) is 29.3 Å². The molecule has 134 valence electrons. The average Bonchev–Trinajstić information content (AvgIpc) is 2.39. The van der Waals surface area contributed by atoms with Gasteiger partial charge >= 0.3 is 7.12 Å². The van der Waals surface area contributed by atoms with Gasteiger partial charge in [-0.3, -0.25) is 0 Å². The van der Waals surface area contributed by atoms with Crippen LogP contribution in [-0.4, -0.2) is 19.3 Å². The summed E-state index contributed by atoms with van der Waals surface area (Å²) in [5, 5.41) is 0. The second kappa shape index (κ2) is 5.88. The Hall–Kier alpha value is -0.795. The Balaban J connectivity index is 2.47. The first-order chi connectivity index (χ1) is 10.6. The molecule has 24 heavy (non-hydrogen) atoms. The highest BCUT2D eigenvalue weighted by Crippen LogP contribution is 2.38. The van der Waals surface area contributed by atoms with Gasteiger partial charge in [-0.1, -0.05) is 73.6 Å². The largest absolute Gasteiger partial charge is 0.494 e. The third-order valence-electron chi connectivity index (χ3n) is 5.59. The van der Waals surface area contributed by atoms with E-state index in [1.165, 1.54) is 11.1 Å². The Morgan fingerprint density at radius 3 is 1.67 bits per heavy atom. The van der Waals surface area contributed by atoms with Crippen molar-refractivity contribution in [3.63, 3.8) is 0 Å². The molecule has 0 atom stereocenters. The molecule has 0 saturated carbocycles. The van der Waals surface area contributed by atoms with Crippen LogP contribution in [0, 0.1) is 5.41 Å². The summed E-state index contributed by atoms with van der Waals surface area (Å²) in [7, 11) is -0.295. The molecule has 2 rings (SSSR count). The first-order valence-corrected chi connectivity index (χ1v) is 9.09. The van der Waals surface area contributed by atoms with Gasteiger partial charge in [0, 0.05) is 12.0 Å². The van der Waals surface area contributed by atoms with Crippen molar-refractivity contribution in [3.8, 4) is 0 Å². The summed E-state index contributed by atoms with van der Waals surface area (Å²) in [4.78, 5) is 0. The minimum atomic E-state index is -0.295. The van der Waals surface area contributed by atoms with Crippen LogP contribution in [0.2, 0.25) is 0 Å². The van der Waals surface area contributed by atoms with Gasteiger partial charge in [0.15, 0.2) is 0 Å². The van der Waals surface area contributed by atoms with Crippen LogP contribution < -0.4 is 5.46 Å². The highest BCUT2D eigenvalue weighted by atomic mass is 16.6. The molecule has 1 aliphatic heterocycles. The van der Waals surface area contributed by atoms with Gasteiger partial charge in [-0.05, 0) is 41.3 Å². The molecule has 0 aliphatic carbocycles. The number of hydrogen-bond acceptors (Lipinski definition) is 2. The predicted molar refractivity (Wildman–Crippen MR) is 104 cm³/mol. The molecule has 1 saturated heterocycles. The number of hydrogen-bond donors (Lipinski definition) is 0. The van der Waals surface area contributed by atoms with Crippen LogP contribution >= 0.6 is 0 Å². The molecule has 1 heterocycles. The van der Waals surface area contributed by atoms with Crippen molar-refractivity contribution < 1.29 is 9.31 Å². The maximum Gasteiger partial charge on any atom is 0.494 e. The monoisotopic (exact) mass is 330 g/mol. The number of benzene rings is 1. The van der Waals surface area contributed by atoms with E-state index < -0.39 is 0 Å². The summed E-state index contributed by atoms with van der Waals surface area (Å²) < 4.78 is 12.5. The third kappa shape index (κ3) is 3.88. The van der Waals surface area contributed by atoms with Gasteiger partial charge in [0.1, 0.15) is 0 Å². The quantitative estimate of drug-likeness (QED) is 0.687. The molecule has 1 aliphatic rings. The van der Waals surface area contributed by atoms with Crippen LogP contribution in [0.4, 0.5) is 0 Å². The van der Waals surface area contributed by atoms with E-state index in [4.69, 9.17) is 9.31 Å². The smallest absolute Gasteiger partial charge is 0.407 e. The van der Waals surface area contributed by atoms with Crippen LogP contribution in [0.5, 0.6) is 0 Å². The molecule has 0 aromatic heterocycles. The summed E-state index contributed by atoms with van der Waals surface area (Å²) in [5.74, 6) is 0. The van der Waals surface area contributed by atoms with Crippen LogP contribution in [-0.2, 0) is 20.1 Å². The molecule has 0 spiro atoms. The fourth-order valence-electron chi connectivity index (χ4n) is 2.74. The van der Waals surface area contributed by atoms with E-state index in [9.17, 15) is 0 Å². The Morgan fingerprint density at radius 2 is 1.29 bits per heavy atom. The van der Waals surface area contributed by atoms with E-state index in [1.54, 1.807) is 0 Å². The van der Waals surface area contributed by atoms with Gasteiger partial charge in [-0.25, -0.2) is 0 Å². The van der Waals surface area contributed by atoms with Crippen molar-refractivity contribution in [1.29, 1.82) is 0 Å². The van der Waals surface area contributed by atoms with Crippen LogP contribution in [0.25, 0.3) is 0 Å². The molecular formula is C21H35BO2. The van der Waals surface area contributed by atoms with Crippen molar-refractivity contribution >= 4 is 12.6 Å². The van der Waals surface area contributed by atoms with E-state index in [0.29, 0.717) is 6.61 Å². The van der Waals surface area contributed by atoms with Crippen LogP contribution in [0.1, 0.15) is 80.4 Å². The zero-order valence-corrected chi connectivity index (χ0v) is 17.3. The molecule has 0 unspecified atom stereocenters. The molecule has 1 aromatic carbocycles. The van der Waals surface area contributed by atoms with Gasteiger partial charge in [-0.15, -0.1) is 0 Å². The Bertz CT molecular complexity index is 571. The lowest BCUT2D eigenvalue weighted by atomic mass is 9.67. The van der Waals surface area contributed by atoms with Gasteiger partial charge < -0.3 is 9.31 Å². The summed E-state index contributed by atoms with van der Waals surface area (Å²) >= 11 is 0. The molecule has 0 radical (unpaired) electrons. The van der Waals surface area contributed by atoms with E-state index in [-0.39, 0.29) is 29.0 Å². The zero-order chi connectivity index (χ0) is 18.6. The van der Waals surface area contributed by atoms with Crippen molar-refractivity contribution in [2.45, 2.75) is 85.7 Å². The van der Waals surface area contributed by atoms with Crippen molar-refractivity contribution in [1.82, 2.24) is 0 Å². The first kappa shape index (κ1) is 19.5.